The average molecular weight is 355 g/mol. The number of aliphatic hydroxyl groups excluding tert-OH is 1. The van der Waals surface area contributed by atoms with E-state index in [1.807, 2.05) is 6.92 Å². The molecule has 0 spiro atoms. The second kappa shape index (κ2) is 8.10. The maximum atomic E-state index is 13.5. The maximum Gasteiger partial charge on any atom is 0.251 e. The van der Waals surface area contributed by atoms with Crippen molar-refractivity contribution in [3.8, 4) is 11.3 Å². The normalized spacial score (nSPS) is 12.3. The molecule has 1 aromatic heterocycles. The van der Waals surface area contributed by atoms with Crippen LogP contribution in [0.2, 0.25) is 0 Å². The molecule has 1 heterocycles. The van der Waals surface area contributed by atoms with Crippen molar-refractivity contribution in [2.24, 2.45) is 5.92 Å². The van der Waals surface area contributed by atoms with Gasteiger partial charge in [-0.1, -0.05) is 19.1 Å². The Bertz CT molecular complexity index is 907. The van der Waals surface area contributed by atoms with E-state index in [1.54, 1.807) is 30.3 Å². The summed E-state index contributed by atoms with van der Waals surface area (Å²) in [5.74, 6) is -0.129. The van der Waals surface area contributed by atoms with Crippen molar-refractivity contribution >= 4 is 16.8 Å². The van der Waals surface area contributed by atoms with Crippen LogP contribution < -0.4 is 5.32 Å². The number of nitrogens with one attached hydrogen (secondary N) is 2. The molecule has 3 aromatic rings. The smallest absolute Gasteiger partial charge is 0.251 e. The molecular weight excluding hydrogens is 333 g/mol. The second-order valence-electron chi connectivity index (χ2n) is 6.50. The van der Waals surface area contributed by atoms with Gasteiger partial charge in [-0.2, -0.15) is 5.10 Å². The zero-order valence-electron chi connectivity index (χ0n) is 14.6. The van der Waals surface area contributed by atoms with E-state index in [9.17, 15) is 9.18 Å². The van der Waals surface area contributed by atoms with Gasteiger partial charge in [0.05, 0.1) is 5.52 Å². The molecule has 1 atom stereocenters. The molecule has 0 aliphatic carbocycles. The highest BCUT2D eigenvalue weighted by Gasteiger charge is 2.13. The van der Waals surface area contributed by atoms with Gasteiger partial charge in [-0.25, -0.2) is 4.39 Å². The molecule has 1 amide bonds. The van der Waals surface area contributed by atoms with Crippen molar-refractivity contribution in [3.63, 3.8) is 0 Å². The number of aromatic amines is 1. The van der Waals surface area contributed by atoms with Crippen LogP contribution in [0.25, 0.3) is 22.2 Å². The number of rotatable bonds is 7. The van der Waals surface area contributed by atoms with Crippen LogP contribution in [-0.4, -0.2) is 34.4 Å². The summed E-state index contributed by atoms with van der Waals surface area (Å²) in [5, 5.41) is 19.8. The molecule has 0 aliphatic heterocycles. The Kier molecular flexibility index (Phi) is 5.63. The first-order valence-electron chi connectivity index (χ1n) is 8.71. The lowest BCUT2D eigenvalue weighted by molar-refractivity contribution is 0.0951. The molecule has 136 valence electrons. The molecule has 0 bridgehead atoms. The highest BCUT2D eigenvalue weighted by molar-refractivity contribution is 6.01. The maximum absolute atomic E-state index is 13.5. The molecule has 0 saturated heterocycles. The fourth-order valence-electron chi connectivity index (χ4n) is 2.91. The van der Waals surface area contributed by atoms with E-state index >= 15 is 0 Å². The van der Waals surface area contributed by atoms with Gasteiger partial charge in [0.2, 0.25) is 0 Å². The lowest BCUT2D eigenvalue weighted by Crippen LogP contribution is -2.25. The quantitative estimate of drug-likeness (QED) is 0.607. The first-order chi connectivity index (χ1) is 12.6. The van der Waals surface area contributed by atoms with Crippen LogP contribution in [0.5, 0.6) is 0 Å². The number of aliphatic hydroxyl groups is 1. The Morgan fingerprint density at radius 3 is 2.88 bits per heavy atom. The average Bonchev–Trinajstić information content (AvgIpc) is 3.05. The third-order valence-electron chi connectivity index (χ3n) is 4.47. The molecule has 0 fully saturated rings. The van der Waals surface area contributed by atoms with Gasteiger partial charge < -0.3 is 10.4 Å². The minimum Gasteiger partial charge on any atom is -0.396 e. The van der Waals surface area contributed by atoms with E-state index in [0.29, 0.717) is 29.3 Å². The summed E-state index contributed by atoms with van der Waals surface area (Å²) in [6, 6.07) is 11.5. The Labute approximate surface area is 151 Å². The zero-order chi connectivity index (χ0) is 18.5. The summed E-state index contributed by atoms with van der Waals surface area (Å²) in [6.45, 7) is 2.76. The Morgan fingerprint density at radius 1 is 1.27 bits per heavy atom. The van der Waals surface area contributed by atoms with Gasteiger partial charge >= 0.3 is 0 Å². The molecule has 2 aromatic carbocycles. The van der Waals surface area contributed by atoms with Crippen molar-refractivity contribution in [1.82, 2.24) is 15.5 Å². The van der Waals surface area contributed by atoms with Gasteiger partial charge in [-0.05, 0) is 49.1 Å². The first-order valence-corrected chi connectivity index (χ1v) is 8.71. The lowest BCUT2D eigenvalue weighted by atomic mass is 10.0. The summed E-state index contributed by atoms with van der Waals surface area (Å²) < 4.78 is 13.5. The Balaban J connectivity index is 1.78. The van der Waals surface area contributed by atoms with Crippen LogP contribution in [0.4, 0.5) is 4.39 Å². The van der Waals surface area contributed by atoms with Gasteiger partial charge in [0.25, 0.3) is 5.91 Å². The predicted octanol–water partition coefficient (Wildman–Crippen LogP) is 3.51. The third-order valence-corrected chi connectivity index (χ3v) is 4.47. The molecule has 3 rings (SSSR count). The number of aromatic nitrogens is 2. The summed E-state index contributed by atoms with van der Waals surface area (Å²) in [7, 11) is 0. The van der Waals surface area contributed by atoms with E-state index < -0.39 is 0 Å². The highest BCUT2D eigenvalue weighted by Crippen LogP contribution is 2.27. The van der Waals surface area contributed by atoms with Crippen LogP contribution in [-0.2, 0) is 0 Å². The molecule has 3 N–H and O–H groups in total. The predicted molar refractivity (Wildman–Crippen MR) is 99.3 cm³/mol. The van der Waals surface area contributed by atoms with Crippen LogP contribution in [0.15, 0.2) is 42.5 Å². The molecule has 26 heavy (non-hydrogen) atoms. The number of hydrogen-bond donors (Lipinski definition) is 3. The highest BCUT2D eigenvalue weighted by atomic mass is 19.1. The number of H-pyrrole nitrogens is 1. The van der Waals surface area contributed by atoms with Gasteiger partial charge in [0, 0.05) is 29.7 Å². The largest absolute Gasteiger partial charge is 0.396 e. The van der Waals surface area contributed by atoms with E-state index in [0.717, 1.165) is 23.7 Å². The monoisotopic (exact) mass is 355 g/mol. The van der Waals surface area contributed by atoms with Crippen LogP contribution in [0, 0.1) is 11.7 Å². The topological polar surface area (TPSA) is 78.0 Å². The number of nitrogens with zero attached hydrogens (tertiary/aromatic N) is 1. The van der Waals surface area contributed by atoms with Crippen LogP contribution >= 0.6 is 0 Å². The number of fused-ring (bicyclic) bond motifs is 1. The molecule has 1 unspecified atom stereocenters. The Hall–Kier alpha value is -2.73. The molecule has 5 nitrogen and oxygen atoms in total. The van der Waals surface area contributed by atoms with E-state index in [4.69, 9.17) is 5.11 Å². The number of benzene rings is 2. The van der Waals surface area contributed by atoms with E-state index in [-0.39, 0.29) is 18.3 Å². The summed E-state index contributed by atoms with van der Waals surface area (Å²) in [5.41, 5.74) is 2.60. The number of carbonyl (C=O) groups excluding carboxylic acids is 1. The SMILES string of the molecule is CC(CCO)CCNC(=O)c1ccc2[nH]nc(-c3cccc(F)c3)c2c1. The number of amides is 1. The fraction of sp³-hybridized carbons (Fsp3) is 0.300. The van der Waals surface area contributed by atoms with Crippen molar-refractivity contribution < 1.29 is 14.3 Å². The molecule has 0 radical (unpaired) electrons. The molecular formula is C20H22FN3O2. The van der Waals surface area contributed by atoms with Crippen molar-refractivity contribution in [3.05, 3.63) is 53.8 Å². The van der Waals surface area contributed by atoms with Crippen molar-refractivity contribution in [1.29, 1.82) is 0 Å². The number of halogens is 1. The van der Waals surface area contributed by atoms with Crippen LogP contribution in [0.3, 0.4) is 0 Å². The first kappa shape index (κ1) is 18.1. The molecule has 6 heteroatoms. The summed E-state index contributed by atoms with van der Waals surface area (Å²) >= 11 is 0. The standard InChI is InChI=1S/C20H22FN3O2/c1-13(8-10-25)7-9-22-20(26)15-5-6-18-17(12-15)19(24-23-18)14-3-2-4-16(21)11-14/h2-6,11-13,25H,7-10H2,1H3,(H,22,26)(H,23,24). The van der Waals surface area contributed by atoms with Crippen LogP contribution in [0.1, 0.15) is 30.1 Å². The van der Waals surface area contributed by atoms with Crippen molar-refractivity contribution in [2.75, 3.05) is 13.2 Å². The Morgan fingerprint density at radius 2 is 2.12 bits per heavy atom. The minimum atomic E-state index is -0.329. The second-order valence-corrected chi connectivity index (χ2v) is 6.50. The van der Waals surface area contributed by atoms with Gasteiger partial charge in [0.15, 0.2) is 0 Å². The van der Waals surface area contributed by atoms with Gasteiger partial charge in [-0.15, -0.1) is 0 Å². The lowest BCUT2D eigenvalue weighted by Gasteiger charge is -2.10. The minimum absolute atomic E-state index is 0.158. The molecule has 0 aliphatic rings. The number of carbonyl (C=O) groups is 1. The van der Waals surface area contributed by atoms with Crippen molar-refractivity contribution in [2.45, 2.75) is 19.8 Å². The van der Waals surface area contributed by atoms with Gasteiger partial charge in [-0.3, -0.25) is 9.89 Å². The summed E-state index contributed by atoms with van der Waals surface area (Å²) in [6.07, 6.45) is 1.54. The fourth-order valence-corrected chi connectivity index (χ4v) is 2.91. The molecule has 0 saturated carbocycles. The third kappa shape index (κ3) is 4.08. The van der Waals surface area contributed by atoms with E-state index in [1.165, 1.54) is 12.1 Å². The zero-order valence-corrected chi connectivity index (χ0v) is 14.6. The van der Waals surface area contributed by atoms with Gasteiger partial charge in [0.1, 0.15) is 11.5 Å². The number of hydrogen-bond acceptors (Lipinski definition) is 3. The summed E-state index contributed by atoms with van der Waals surface area (Å²) in [4.78, 5) is 12.4. The van der Waals surface area contributed by atoms with E-state index in [2.05, 4.69) is 15.5 Å².